The van der Waals surface area contributed by atoms with Crippen LogP contribution in [0.5, 0.6) is 5.75 Å². The standard InChI is InChI=1S/C28H29F3N2O5/c29-28(30,31)37-24-22(18-1-2-18)13-17(14-23(24)19-3-4-19)15-32-11-9-27(10-12-32)16-33(26(36)38-27)21-7-5-20(6-8-21)25(34)35/h5-8,13-14,18-19H,1-4,9-12,15-16H2,(H,34,35). The van der Waals surface area contributed by atoms with E-state index < -0.39 is 24.0 Å². The Morgan fingerprint density at radius 2 is 1.61 bits per heavy atom. The number of carbonyl (C=O) groups is 2. The number of piperidine rings is 1. The summed E-state index contributed by atoms with van der Waals surface area (Å²) in [5.41, 5.74) is 2.51. The lowest BCUT2D eigenvalue weighted by molar-refractivity contribution is -0.275. The van der Waals surface area contributed by atoms with E-state index in [0.717, 1.165) is 31.2 Å². The number of alkyl halides is 3. The summed E-state index contributed by atoms with van der Waals surface area (Å²) in [6, 6.07) is 9.95. The SMILES string of the molecule is O=C(O)c1ccc(N2CC3(CCN(Cc4cc(C5CC5)c(OC(F)(F)F)c(C5CC5)c4)CC3)OC2=O)cc1. The van der Waals surface area contributed by atoms with Gasteiger partial charge in [-0.2, -0.15) is 0 Å². The van der Waals surface area contributed by atoms with Crippen molar-refractivity contribution in [1.82, 2.24) is 4.90 Å². The van der Waals surface area contributed by atoms with Crippen molar-refractivity contribution in [2.75, 3.05) is 24.5 Å². The highest BCUT2D eigenvalue weighted by molar-refractivity contribution is 5.92. The number of carboxylic acid groups (broad SMARTS) is 1. The number of nitrogens with zero attached hydrogens (tertiary/aromatic N) is 2. The van der Waals surface area contributed by atoms with Crippen LogP contribution in [-0.4, -0.2) is 53.7 Å². The number of likely N-dealkylation sites (tertiary alicyclic amines) is 1. The molecule has 2 saturated heterocycles. The maximum Gasteiger partial charge on any atom is 0.573 e. The summed E-state index contributed by atoms with van der Waals surface area (Å²) in [5, 5.41) is 9.11. The molecule has 6 rings (SSSR count). The van der Waals surface area contributed by atoms with E-state index in [1.54, 1.807) is 17.0 Å². The lowest BCUT2D eigenvalue weighted by Gasteiger charge is -2.37. The topological polar surface area (TPSA) is 79.3 Å². The van der Waals surface area contributed by atoms with Crippen molar-refractivity contribution in [3.05, 3.63) is 58.7 Å². The Labute approximate surface area is 218 Å². The molecule has 1 amide bonds. The minimum absolute atomic E-state index is 0.0261. The molecule has 0 atom stereocenters. The average molecular weight is 531 g/mol. The van der Waals surface area contributed by atoms with Crippen LogP contribution in [0.15, 0.2) is 36.4 Å². The Kier molecular flexibility index (Phi) is 6.05. The first kappa shape index (κ1) is 25.0. The highest BCUT2D eigenvalue weighted by Gasteiger charge is 2.47. The van der Waals surface area contributed by atoms with Crippen molar-refractivity contribution < 1.29 is 37.3 Å². The summed E-state index contributed by atoms with van der Waals surface area (Å²) in [5.74, 6) is -0.746. The lowest BCUT2D eigenvalue weighted by Crippen LogP contribution is -2.46. The lowest BCUT2D eigenvalue weighted by atomic mass is 9.90. The molecule has 202 valence electrons. The summed E-state index contributed by atoms with van der Waals surface area (Å²) in [6.45, 7) is 2.40. The van der Waals surface area contributed by atoms with Gasteiger partial charge in [0.05, 0.1) is 12.1 Å². The minimum atomic E-state index is -4.71. The van der Waals surface area contributed by atoms with Gasteiger partial charge in [-0.25, -0.2) is 9.59 Å². The van der Waals surface area contributed by atoms with Crippen LogP contribution in [0.4, 0.5) is 23.7 Å². The van der Waals surface area contributed by atoms with Crippen molar-refractivity contribution in [1.29, 1.82) is 0 Å². The second kappa shape index (κ2) is 9.18. The number of anilines is 1. The number of amides is 1. The Hall–Kier alpha value is -3.27. The number of carboxylic acids is 1. The third-order valence-corrected chi connectivity index (χ3v) is 8.03. The van der Waals surface area contributed by atoms with E-state index in [-0.39, 0.29) is 23.1 Å². The Balaban J connectivity index is 1.14. The molecule has 10 heteroatoms. The molecule has 1 N–H and O–H groups in total. The molecule has 4 aliphatic rings. The van der Waals surface area contributed by atoms with E-state index >= 15 is 0 Å². The molecule has 1 spiro atoms. The van der Waals surface area contributed by atoms with E-state index in [4.69, 9.17) is 9.84 Å². The van der Waals surface area contributed by atoms with Gasteiger partial charge in [0.15, 0.2) is 0 Å². The number of halogens is 3. The number of aromatic carboxylic acids is 1. The van der Waals surface area contributed by atoms with Gasteiger partial charge < -0.3 is 14.6 Å². The molecule has 7 nitrogen and oxygen atoms in total. The molecule has 2 aliphatic heterocycles. The number of rotatable bonds is 7. The maximum atomic E-state index is 13.2. The molecular weight excluding hydrogens is 501 g/mol. The predicted octanol–water partition coefficient (Wildman–Crippen LogP) is 6.03. The number of hydrogen-bond donors (Lipinski definition) is 1. The first-order valence-corrected chi connectivity index (χ1v) is 13.1. The fraction of sp³-hybridized carbons (Fsp3) is 0.500. The quantitative estimate of drug-likeness (QED) is 0.471. The minimum Gasteiger partial charge on any atom is -0.478 e. The third-order valence-electron chi connectivity index (χ3n) is 8.03. The molecule has 4 fully saturated rings. The maximum absolute atomic E-state index is 13.2. The van der Waals surface area contributed by atoms with Gasteiger partial charge in [-0.15, -0.1) is 13.2 Å². The van der Waals surface area contributed by atoms with Crippen molar-refractivity contribution in [2.45, 2.75) is 68.9 Å². The van der Waals surface area contributed by atoms with Gasteiger partial charge in [0.2, 0.25) is 0 Å². The van der Waals surface area contributed by atoms with Crippen molar-refractivity contribution in [3.63, 3.8) is 0 Å². The van der Waals surface area contributed by atoms with Crippen molar-refractivity contribution in [2.24, 2.45) is 0 Å². The molecule has 38 heavy (non-hydrogen) atoms. The number of benzene rings is 2. The van der Waals surface area contributed by atoms with Crippen LogP contribution in [0.3, 0.4) is 0 Å². The van der Waals surface area contributed by atoms with Crippen LogP contribution >= 0.6 is 0 Å². The summed E-state index contributed by atoms with van der Waals surface area (Å²) in [6.07, 6.45) is -0.329. The van der Waals surface area contributed by atoms with Gasteiger partial charge in [-0.3, -0.25) is 9.80 Å². The van der Waals surface area contributed by atoms with Gasteiger partial charge >= 0.3 is 18.4 Å². The monoisotopic (exact) mass is 530 g/mol. The predicted molar refractivity (Wildman–Crippen MR) is 132 cm³/mol. The third kappa shape index (κ3) is 5.18. The van der Waals surface area contributed by atoms with Crippen LogP contribution in [-0.2, 0) is 11.3 Å². The molecule has 2 aromatic rings. The molecule has 2 heterocycles. The molecule has 2 saturated carbocycles. The summed E-state index contributed by atoms with van der Waals surface area (Å²) in [4.78, 5) is 27.6. The molecule has 0 bridgehead atoms. The van der Waals surface area contributed by atoms with Gasteiger partial charge in [0, 0.05) is 38.2 Å². The van der Waals surface area contributed by atoms with Crippen LogP contribution in [0.2, 0.25) is 0 Å². The molecular formula is C28H29F3N2O5. The van der Waals surface area contributed by atoms with Crippen LogP contribution in [0, 0.1) is 0 Å². The molecule has 0 unspecified atom stereocenters. The zero-order valence-electron chi connectivity index (χ0n) is 20.8. The number of hydrogen-bond acceptors (Lipinski definition) is 5. The molecule has 0 aromatic heterocycles. The second-order valence-electron chi connectivity index (χ2n) is 11.0. The Bertz CT molecular complexity index is 1210. The highest BCUT2D eigenvalue weighted by atomic mass is 19.4. The van der Waals surface area contributed by atoms with E-state index in [1.165, 1.54) is 12.1 Å². The summed E-state index contributed by atoms with van der Waals surface area (Å²) in [7, 11) is 0. The van der Waals surface area contributed by atoms with E-state index in [1.807, 2.05) is 12.1 Å². The Morgan fingerprint density at radius 1 is 1.03 bits per heavy atom. The summed E-state index contributed by atoms with van der Waals surface area (Å²) >= 11 is 0. The smallest absolute Gasteiger partial charge is 0.478 e. The Morgan fingerprint density at radius 3 is 2.11 bits per heavy atom. The van der Waals surface area contributed by atoms with Gasteiger partial charge in [0.1, 0.15) is 11.4 Å². The van der Waals surface area contributed by atoms with Crippen molar-refractivity contribution >= 4 is 17.7 Å². The summed E-state index contributed by atoms with van der Waals surface area (Å²) < 4.78 is 50.0. The fourth-order valence-corrected chi connectivity index (χ4v) is 5.70. The first-order valence-electron chi connectivity index (χ1n) is 13.1. The average Bonchev–Trinajstić information content (AvgIpc) is 3.78. The van der Waals surface area contributed by atoms with E-state index in [0.29, 0.717) is 55.8 Å². The van der Waals surface area contributed by atoms with Crippen LogP contribution < -0.4 is 9.64 Å². The highest BCUT2D eigenvalue weighted by Crippen LogP contribution is 2.52. The zero-order valence-corrected chi connectivity index (χ0v) is 20.8. The van der Waals surface area contributed by atoms with Gasteiger partial charge in [0.25, 0.3) is 0 Å². The van der Waals surface area contributed by atoms with E-state index in [2.05, 4.69) is 9.64 Å². The molecule has 2 aliphatic carbocycles. The number of carbonyl (C=O) groups excluding carboxylic acids is 1. The fourth-order valence-electron chi connectivity index (χ4n) is 5.70. The van der Waals surface area contributed by atoms with Crippen LogP contribution in [0.25, 0.3) is 0 Å². The number of ether oxygens (including phenoxy) is 2. The van der Waals surface area contributed by atoms with Gasteiger partial charge in [-0.05, 0) is 78.5 Å². The van der Waals surface area contributed by atoms with Crippen molar-refractivity contribution in [3.8, 4) is 5.75 Å². The normalized spacial score (nSPS) is 21.6. The largest absolute Gasteiger partial charge is 0.573 e. The van der Waals surface area contributed by atoms with Gasteiger partial charge in [-0.1, -0.05) is 12.1 Å². The van der Waals surface area contributed by atoms with E-state index in [9.17, 15) is 22.8 Å². The second-order valence-corrected chi connectivity index (χ2v) is 11.0. The molecule has 2 aromatic carbocycles. The molecule has 0 radical (unpaired) electrons. The van der Waals surface area contributed by atoms with Crippen LogP contribution in [0.1, 0.15) is 77.4 Å². The first-order chi connectivity index (χ1) is 18.1. The zero-order chi connectivity index (χ0) is 26.7.